The van der Waals surface area contributed by atoms with Crippen molar-refractivity contribution in [3.63, 3.8) is 0 Å². The molecule has 1 unspecified atom stereocenters. The van der Waals surface area contributed by atoms with Crippen LogP contribution in [-0.4, -0.2) is 6.04 Å². The van der Waals surface area contributed by atoms with E-state index in [1.807, 2.05) is 0 Å². The van der Waals surface area contributed by atoms with E-state index in [4.69, 9.17) is 0 Å². The van der Waals surface area contributed by atoms with E-state index in [0.717, 1.165) is 0 Å². The normalized spacial score (nSPS) is 17.6. The van der Waals surface area contributed by atoms with Gasteiger partial charge in [-0.25, -0.2) is 0 Å². The first-order valence-corrected chi connectivity index (χ1v) is 7.23. The third kappa shape index (κ3) is 2.25. The Labute approximate surface area is 115 Å². The number of benzene rings is 2. The van der Waals surface area contributed by atoms with Crippen LogP contribution in [0, 0.1) is 6.92 Å². The molecule has 0 bridgehead atoms. The molecule has 0 N–H and O–H groups in total. The largest absolute Gasteiger partial charge is 0.338 e. The molecule has 1 nitrogen and oxygen atoms in total. The molecule has 0 fully saturated rings. The Morgan fingerprint density at radius 3 is 2.53 bits per heavy atom. The fourth-order valence-corrected chi connectivity index (χ4v) is 3.08. The SMILES string of the molecule is CCCC1Cc2ccccc2N1c1ccc(C)cc1. The van der Waals surface area contributed by atoms with Crippen molar-refractivity contribution in [1.29, 1.82) is 0 Å². The lowest BCUT2D eigenvalue weighted by Crippen LogP contribution is -2.27. The summed E-state index contributed by atoms with van der Waals surface area (Å²) in [5.41, 5.74) is 5.53. The first kappa shape index (κ1) is 12.3. The number of para-hydroxylation sites is 1. The highest BCUT2D eigenvalue weighted by Crippen LogP contribution is 2.39. The highest BCUT2D eigenvalue weighted by molar-refractivity contribution is 5.71. The molecular weight excluding hydrogens is 230 g/mol. The molecule has 1 aliphatic heterocycles. The molecule has 0 saturated heterocycles. The minimum Gasteiger partial charge on any atom is -0.338 e. The molecule has 1 heteroatoms. The van der Waals surface area contributed by atoms with Crippen molar-refractivity contribution >= 4 is 11.4 Å². The zero-order chi connectivity index (χ0) is 13.2. The fourth-order valence-electron chi connectivity index (χ4n) is 3.08. The van der Waals surface area contributed by atoms with Gasteiger partial charge in [0.1, 0.15) is 0 Å². The van der Waals surface area contributed by atoms with Gasteiger partial charge in [0, 0.05) is 17.4 Å². The van der Waals surface area contributed by atoms with E-state index in [1.54, 1.807) is 0 Å². The molecule has 0 saturated carbocycles. The van der Waals surface area contributed by atoms with E-state index in [1.165, 1.54) is 41.8 Å². The van der Waals surface area contributed by atoms with Crippen molar-refractivity contribution in [2.24, 2.45) is 0 Å². The van der Waals surface area contributed by atoms with E-state index in [2.05, 4.69) is 67.3 Å². The van der Waals surface area contributed by atoms with Gasteiger partial charge in [-0.15, -0.1) is 0 Å². The maximum atomic E-state index is 2.53. The average Bonchev–Trinajstić information content (AvgIpc) is 2.78. The maximum absolute atomic E-state index is 2.53. The number of hydrogen-bond donors (Lipinski definition) is 0. The monoisotopic (exact) mass is 251 g/mol. The Morgan fingerprint density at radius 2 is 1.79 bits per heavy atom. The van der Waals surface area contributed by atoms with Gasteiger partial charge in [0.25, 0.3) is 0 Å². The first-order valence-electron chi connectivity index (χ1n) is 7.23. The van der Waals surface area contributed by atoms with Gasteiger partial charge < -0.3 is 4.90 Å². The van der Waals surface area contributed by atoms with E-state index in [-0.39, 0.29) is 0 Å². The highest BCUT2D eigenvalue weighted by Gasteiger charge is 2.29. The van der Waals surface area contributed by atoms with Gasteiger partial charge >= 0.3 is 0 Å². The molecule has 0 spiro atoms. The average molecular weight is 251 g/mol. The van der Waals surface area contributed by atoms with Crippen LogP contribution >= 0.6 is 0 Å². The van der Waals surface area contributed by atoms with Gasteiger partial charge in [-0.1, -0.05) is 49.2 Å². The standard InChI is InChI=1S/C18H21N/c1-3-6-17-13-15-7-4-5-8-18(15)19(17)16-11-9-14(2)10-12-16/h4-5,7-12,17H,3,6,13H2,1-2H3. The molecule has 0 radical (unpaired) electrons. The second-order valence-corrected chi connectivity index (χ2v) is 5.48. The van der Waals surface area contributed by atoms with E-state index < -0.39 is 0 Å². The van der Waals surface area contributed by atoms with Crippen LogP contribution in [0.15, 0.2) is 48.5 Å². The van der Waals surface area contributed by atoms with Crippen LogP contribution in [0.2, 0.25) is 0 Å². The number of anilines is 2. The zero-order valence-electron chi connectivity index (χ0n) is 11.8. The summed E-state index contributed by atoms with van der Waals surface area (Å²) >= 11 is 0. The van der Waals surface area contributed by atoms with E-state index in [0.29, 0.717) is 6.04 Å². The smallest absolute Gasteiger partial charge is 0.0446 e. The molecule has 1 heterocycles. The summed E-state index contributed by atoms with van der Waals surface area (Å²) in [4.78, 5) is 2.53. The quantitative estimate of drug-likeness (QED) is 0.753. The molecule has 0 amide bonds. The zero-order valence-corrected chi connectivity index (χ0v) is 11.8. The van der Waals surface area contributed by atoms with Crippen molar-refractivity contribution in [2.45, 2.75) is 39.2 Å². The molecule has 1 atom stereocenters. The van der Waals surface area contributed by atoms with Crippen LogP contribution in [0.5, 0.6) is 0 Å². The van der Waals surface area contributed by atoms with Crippen LogP contribution < -0.4 is 4.90 Å². The number of hydrogen-bond acceptors (Lipinski definition) is 1. The lowest BCUT2D eigenvalue weighted by molar-refractivity contribution is 0.614. The molecule has 1 aliphatic rings. The Morgan fingerprint density at radius 1 is 1.05 bits per heavy atom. The summed E-state index contributed by atoms with van der Waals surface area (Å²) in [5.74, 6) is 0. The van der Waals surface area contributed by atoms with Gasteiger partial charge in [0.15, 0.2) is 0 Å². The highest BCUT2D eigenvalue weighted by atomic mass is 15.2. The van der Waals surface area contributed by atoms with Crippen LogP contribution in [0.3, 0.4) is 0 Å². The van der Waals surface area contributed by atoms with E-state index >= 15 is 0 Å². The summed E-state index contributed by atoms with van der Waals surface area (Å²) in [5, 5.41) is 0. The second kappa shape index (κ2) is 5.08. The number of rotatable bonds is 3. The van der Waals surface area contributed by atoms with E-state index in [9.17, 15) is 0 Å². The van der Waals surface area contributed by atoms with Crippen molar-refractivity contribution < 1.29 is 0 Å². The maximum Gasteiger partial charge on any atom is 0.0446 e. The molecule has 19 heavy (non-hydrogen) atoms. The van der Waals surface area contributed by atoms with Gasteiger partial charge in [0.2, 0.25) is 0 Å². The third-order valence-electron chi connectivity index (χ3n) is 4.01. The molecule has 0 aliphatic carbocycles. The van der Waals surface area contributed by atoms with Crippen molar-refractivity contribution in [2.75, 3.05) is 4.90 Å². The van der Waals surface area contributed by atoms with Gasteiger partial charge in [-0.3, -0.25) is 0 Å². The number of aryl methyl sites for hydroxylation is 1. The summed E-state index contributed by atoms with van der Waals surface area (Å²) in [6.07, 6.45) is 3.67. The predicted molar refractivity (Wildman–Crippen MR) is 82.2 cm³/mol. The number of nitrogens with zero attached hydrogens (tertiary/aromatic N) is 1. The molecule has 0 aromatic heterocycles. The van der Waals surface area contributed by atoms with Crippen LogP contribution in [-0.2, 0) is 6.42 Å². The van der Waals surface area contributed by atoms with Crippen molar-refractivity contribution in [1.82, 2.24) is 0 Å². The molecule has 2 aromatic carbocycles. The lowest BCUT2D eigenvalue weighted by atomic mass is 10.1. The summed E-state index contributed by atoms with van der Waals surface area (Å²) in [7, 11) is 0. The predicted octanol–water partition coefficient (Wildman–Crippen LogP) is 4.86. The Hall–Kier alpha value is -1.76. The summed E-state index contributed by atoms with van der Waals surface area (Å²) < 4.78 is 0. The van der Waals surface area contributed by atoms with Gasteiger partial charge in [-0.2, -0.15) is 0 Å². The Bertz CT molecular complexity index is 556. The van der Waals surface area contributed by atoms with Gasteiger partial charge in [0.05, 0.1) is 0 Å². The summed E-state index contributed by atoms with van der Waals surface area (Å²) in [6.45, 7) is 4.42. The first-order chi connectivity index (χ1) is 9.29. The Balaban J connectivity index is 2.02. The van der Waals surface area contributed by atoms with Crippen LogP contribution in [0.1, 0.15) is 30.9 Å². The number of fused-ring (bicyclic) bond motifs is 1. The molecule has 2 aromatic rings. The molecule has 3 rings (SSSR count). The topological polar surface area (TPSA) is 3.24 Å². The summed E-state index contributed by atoms with van der Waals surface area (Å²) in [6, 6.07) is 18.4. The Kier molecular flexibility index (Phi) is 3.29. The van der Waals surface area contributed by atoms with Gasteiger partial charge in [-0.05, 0) is 43.5 Å². The minimum absolute atomic E-state index is 0.616. The molecule has 98 valence electrons. The van der Waals surface area contributed by atoms with Crippen molar-refractivity contribution in [3.05, 3.63) is 59.7 Å². The second-order valence-electron chi connectivity index (χ2n) is 5.48. The fraction of sp³-hybridized carbons (Fsp3) is 0.333. The van der Waals surface area contributed by atoms with Crippen LogP contribution in [0.25, 0.3) is 0 Å². The lowest BCUT2D eigenvalue weighted by Gasteiger charge is -2.27. The third-order valence-corrected chi connectivity index (χ3v) is 4.01. The molecular formula is C18H21N. The minimum atomic E-state index is 0.616. The van der Waals surface area contributed by atoms with Crippen LogP contribution in [0.4, 0.5) is 11.4 Å². The van der Waals surface area contributed by atoms with Crippen molar-refractivity contribution in [3.8, 4) is 0 Å².